The summed E-state index contributed by atoms with van der Waals surface area (Å²) in [6, 6.07) is 10.5. The zero-order valence-electron chi connectivity index (χ0n) is 13.9. The molecule has 0 amide bonds. The highest BCUT2D eigenvalue weighted by Gasteiger charge is 2.11. The van der Waals surface area contributed by atoms with Crippen LogP contribution in [0.1, 0.15) is 6.92 Å². The lowest BCUT2D eigenvalue weighted by Crippen LogP contribution is -2.21. The van der Waals surface area contributed by atoms with Gasteiger partial charge in [-0.15, -0.1) is 0 Å². The molecule has 3 N–H and O–H groups in total. The number of anilines is 3. The zero-order valence-corrected chi connectivity index (χ0v) is 15.5. The molecule has 0 spiro atoms. The highest BCUT2D eigenvalue weighted by molar-refractivity contribution is 6.35. The van der Waals surface area contributed by atoms with Gasteiger partial charge in [0, 0.05) is 35.1 Å². The van der Waals surface area contributed by atoms with Crippen LogP contribution in [0.3, 0.4) is 0 Å². The highest BCUT2D eigenvalue weighted by Crippen LogP contribution is 2.29. The van der Waals surface area contributed by atoms with E-state index in [0.717, 1.165) is 5.56 Å². The Kier molecular flexibility index (Phi) is 5.88. The van der Waals surface area contributed by atoms with Crippen molar-refractivity contribution < 1.29 is 5.11 Å². The lowest BCUT2D eigenvalue weighted by Gasteiger charge is -2.15. The Hall–Kier alpha value is -2.41. The average Bonchev–Trinajstić information content (AvgIpc) is 2.65. The third-order valence-electron chi connectivity index (χ3n) is 3.54. The summed E-state index contributed by atoms with van der Waals surface area (Å²) in [6.07, 6.45) is 3.39. The molecular formula is C18H17Cl2N5O. The fraction of sp³-hybridized carbons (Fsp3) is 0.167. The van der Waals surface area contributed by atoms with Gasteiger partial charge < -0.3 is 15.7 Å². The predicted octanol–water partition coefficient (Wildman–Crippen LogP) is 4.38. The van der Waals surface area contributed by atoms with Crippen molar-refractivity contribution in [2.75, 3.05) is 17.2 Å². The van der Waals surface area contributed by atoms with E-state index in [9.17, 15) is 5.11 Å². The number of rotatable bonds is 6. The number of hydrogen-bond donors (Lipinski definition) is 3. The molecule has 0 aliphatic heterocycles. The van der Waals surface area contributed by atoms with Gasteiger partial charge >= 0.3 is 0 Å². The number of pyridine rings is 1. The van der Waals surface area contributed by atoms with E-state index in [1.54, 1.807) is 36.7 Å². The van der Waals surface area contributed by atoms with Gasteiger partial charge in [-0.3, -0.25) is 4.98 Å². The summed E-state index contributed by atoms with van der Waals surface area (Å²) >= 11 is 12.3. The second-order valence-corrected chi connectivity index (χ2v) is 6.52. The average molecular weight is 390 g/mol. The molecule has 3 rings (SSSR count). The van der Waals surface area contributed by atoms with E-state index >= 15 is 0 Å². The van der Waals surface area contributed by atoms with E-state index in [4.69, 9.17) is 23.2 Å². The van der Waals surface area contributed by atoms with Crippen LogP contribution in [-0.4, -0.2) is 32.7 Å². The maximum atomic E-state index is 9.28. The van der Waals surface area contributed by atoms with E-state index < -0.39 is 0 Å². The van der Waals surface area contributed by atoms with Gasteiger partial charge in [-0.25, -0.2) is 4.98 Å². The van der Waals surface area contributed by atoms with Crippen LogP contribution >= 0.6 is 23.2 Å². The number of benzene rings is 1. The molecule has 1 atom stereocenters. The molecule has 0 radical (unpaired) electrons. The Labute approximate surface area is 161 Å². The van der Waals surface area contributed by atoms with Crippen LogP contribution in [0.15, 0.2) is 48.8 Å². The molecule has 1 aromatic carbocycles. The third-order valence-corrected chi connectivity index (χ3v) is 4.11. The Bertz CT molecular complexity index is 892. The molecule has 3 aromatic rings. The second kappa shape index (κ2) is 8.31. The molecule has 8 heteroatoms. The van der Waals surface area contributed by atoms with Gasteiger partial charge in [0.2, 0.25) is 5.95 Å². The summed E-state index contributed by atoms with van der Waals surface area (Å²) in [6.45, 7) is 1.80. The minimum absolute atomic E-state index is 0.0360. The molecule has 0 aliphatic carbocycles. The van der Waals surface area contributed by atoms with Gasteiger partial charge in [0.25, 0.3) is 0 Å². The van der Waals surface area contributed by atoms with Crippen molar-refractivity contribution in [2.24, 2.45) is 0 Å². The molecule has 2 heterocycles. The van der Waals surface area contributed by atoms with Crippen molar-refractivity contribution in [1.82, 2.24) is 15.0 Å². The standard InChI is InChI=1S/C18H17Cl2N5O/c1-11(10-26)22-18-24-15(12-4-6-21-7-5-12)9-17(25-18)23-16-8-13(19)2-3-14(16)20/h2-9,11,26H,10H2,1H3,(H2,22,23,24,25)/t11-/m1/s1. The molecule has 134 valence electrons. The Morgan fingerprint density at radius 2 is 1.85 bits per heavy atom. The van der Waals surface area contributed by atoms with E-state index in [-0.39, 0.29) is 12.6 Å². The Balaban J connectivity index is 2.00. The summed E-state index contributed by atoms with van der Waals surface area (Å²) in [5.74, 6) is 0.935. The summed E-state index contributed by atoms with van der Waals surface area (Å²) in [5, 5.41) is 16.6. The van der Waals surface area contributed by atoms with Gasteiger partial charge in [-0.05, 0) is 37.3 Å². The number of aliphatic hydroxyl groups is 1. The van der Waals surface area contributed by atoms with E-state index in [1.807, 2.05) is 19.1 Å². The first kappa shape index (κ1) is 18.4. The molecule has 0 aliphatic rings. The van der Waals surface area contributed by atoms with Crippen LogP contribution in [0, 0.1) is 0 Å². The largest absolute Gasteiger partial charge is 0.394 e. The summed E-state index contributed by atoms with van der Waals surface area (Å²) < 4.78 is 0. The quantitative estimate of drug-likeness (QED) is 0.579. The number of aromatic nitrogens is 3. The molecule has 0 saturated heterocycles. The molecule has 0 unspecified atom stereocenters. The van der Waals surface area contributed by atoms with Gasteiger partial charge in [0.1, 0.15) is 5.82 Å². The third kappa shape index (κ3) is 4.60. The topological polar surface area (TPSA) is 83.0 Å². The van der Waals surface area contributed by atoms with Crippen LogP contribution in [-0.2, 0) is 0 Å². The van der Waals surface area contributed by atoms with Crippen LogP contribution in [0.5, 0.6) is 0 Å². The van der Waals surface area contributed by atoms with Crippen LogP contribution < -0.4 is 10.6 Å². The Morgan fingerprint density at radius 3 is 2.58 bits per heavy atom. The van der Waals surface area contributed by atoms with Gasteiger partial charge in [-0.2, -0.15) is 4.98 Å². The molecule has 0 fully saturated rings. The van der Waals surface area contributed by atoms with Crippen molar-refractivity contribution in [3.05, 3.63) is 58.8 Å². The minimum Gasteiger partial charge on any atom is -0.394 e. The van der Waals surface area contributed by atoms with Gasteiger partial charge in [0.15, 0.2) is 0 Å². The lowest BCUT2D eigenvalue weighted by molar-refractivity contribution is 0.281. The SMILES string of the molecule is C[C@H](CO)Nc1nc(Nc2cc(Cl)ccc2Cl)cc(-c2ccncc2)n1. The van der Waals surface area contributed by atoms with Gasteiger partial charge in [-0.1, -0.05) is 23.2 Å². The number of nitrogens with one attached hydrogen (secondary N) is 2. The maximum Gasteiger partial charge on any atom is 0.225 e. The number of nitrogens with zero attached hydrogens (tertiary/aromatic N) is 3. The highest BCUT2D eigenvalue weighted by atomic mass is 35.5. The smallest absolute Gasteiger partial charge is 0.225 e. The van der Waals surface area contributed by atoms with Gasteiger partial charge in [0.05, 0.1) is 23.0 Å². The predicted molar refractivity (Wildman–Crippen MR) is 105 cm³/mol. The molecule has 26 heavy (non-hydrogen) atoms. The van der Waals surface area contributed by atoms with E-state index in [0.29, 0.717) is 33.2 Å². The minimum atomic E-state index is -0.190. The molecule has 2 aromatic heterocycles. The van der Waals surface area contributed by atoms with Crippen LogP contribution in [0.25, 0.3) is 11.3 Å². The molecule has 6 nitrogen and oxygen atoms in total. The van der Waals surface area contributed by atoms with Crippen LogP contribution in [0.4, 0.5) is 17.5 Å². The monoisotopic (exact) mass is 389 g/mol. The molecule has 0 bridgehead atoms. The number of hydrogen-bond acceptors (Lipinski definition) is 6. The summed E-state index contributed by atoms with van der Waals surface area (Å²) in [4.78, 5) is 13.0. The van der Waals surface area contributed by atoms with Crippen LogP contribution in [0.2, 0.25) is 10.0 Å². The molecule has 0 saturated carbocycles. The number of halogens is 2. The normalized spacial score (nSPS) is 11.8. The first-order valence-corrected chi connectivity index (χ1v) is 8.69. The Morgan fingerprint density at radius 1 is 1.08 bits per heavy atom. The van der Waals surface area contributed by atoms with E-state index in [2.05, 4.69) is 25.6 Å². The van der Waals surface area contributed by atoms with E-state index in [1.165, 1.54) is 0 Å². The summed E-state index contributed by atoms with van der Waals surface area (Å²) in [5.41, 5.74) is 2.23. The van der Waals surface area contributed by atoms with Crippen molar-refractivity contribution in [3.63, 3.8) is 0 Å². The first-order valence-electron chi connectivity index (χ1n) is 7.94. The number of aliphatic hydroxyl groups excluding tert-OH is 1. The van der Waals surface area contributed by atoms with Crippen molar-refractivity contribution in [1.29, 1.82) is 0 Å². The fourth-order valence-corrected chi connectivity index (χ4v) is 2.58. The summed E-state index contributed by atoms with van der Waals surface area (Å²) in [7, 11) is 0. The van der Waals surface area contributed by atoms with Crippen molar-refractivity contribution in [2.45, 2.75) is 13.0 Å². The van der Waals surface area contributed by atoms with Crippen molar-refractivity contribution in [3.8, 4) is 11.3 Å². The maximum absolute atomic E-state index is 9.28. The fourth-order valence-electron chi connectivity index (χ4n) is 2.24. The van der Waals surface area contributed by atoms with Crippen molar-refractivity contribution >= 4 is 40.7 Å². The zero-order chi connectivity index (χ0) is 18.5. The molecular weight excluding hydrogens is 373 g/mol. The lowest BCUT2D eigenvalue weighted by atomic mass is 10.2. The second-order valence-electron chi connectivity index (χ2n) is 5.68. The first-order chi connectivity index (χ1) is 12.5.